The Morgan fingerprint density at radius 2 is 1.89 bits per heavy atom. The Balaban J connectivity index is 1.69. The van der Waals surface area contributed by atoms with Crippen LogP contribution < -0.4 is 16.7 Å². The third-order valence-corrected chi connectivity index (χ3v) is 5.47. The van der Waals surface area contributed by atoms with Gasteiger partial charge >= 0.3 is 11.4 Å². The largest absolute Gasteiger partial charge is 0.451 e. The average molecular weight is 520 g/mol. The molecule has 0 atom stereocenters. The van der Waals surface area contributed by atoms with Gasteiger partial charge in [-0.2, -0.15) is 10.1 Å². The number of oxazole rings is 1. The van der Waals surface area contributed by atoms with E-state index in [0.29, 0.717) is 15.5 Å². The van der Waals surface area contributed by atoms with E-state index in [1.165, 1.54) is 12.3 Å². The zero-order chi connectivity index (χ0) is 27.3. The first kappa shape index (κ1) is 20.9. The van der Waals surface area contributed by atoms with Crippen molar-refractivity contribution in [3.8, 4) is 0 Å². The van der Waals surface area contributed by atoms with Crippen LogP contribution in [-0.4, -0.2) is 28.9 Å². The zero-order valence-corrected chi connectivity index (χ0v) is 19.0. The summed E-state index contributed by atoms with van der Waals surface area (Å²) in [4.78, 5) is 34.0. The van der Waals surface area contributed by atoms with E-state index in [-0.39, 0.29) is 22.9 Å². The van der Waals surface area contributed by atoms with Crippen LogP contribution in [0.5, 0.6) is 0 Å². The fraction of sp³-hybridized carbons (Fsp3) is 0.136. The van der Waals surface area contributed by atoms with Gasteiger partial charge in [0, 0.05) is 30.2 Å². The lowest BCUT2D eigenvalue weighted by atomic mass is 10.2. The predicted molar refractivity (Wildman–Crippen MR) is 123 cm³/mol. The van der Waals surface area contributed by atoms with Crippen molar-refractivity contribution in [2.45, 2.75) is 13.1 Å². The lowest BCUT2D eigenvalue weighted by Crippen LogP contribution is -2.43. The maximum absolute atomic E-state index is 14.8. The molecule has 0 spiro atoms. The molecular weight excluding hydrogens is 503 g/mol. The number of halogens is 4. The van der Waals surface area contributed by atoms with E-state index in [1.54, 1.807) is 24.0 Å². The summed E-state index contributed by atoms with van der Waals surface area (Å²) in [5.41, 5.74) is -1.93. The van der Waals surface area contributed by atoms with E-state index in [0.717, 1.165) is 11.0 Å². The minimum absolute atomic E-state index is 0.136. The fourth-order valence-corrected chi connectivity index (χ4v) is 3.71. The van der Waals surface area contributed by atoms with Crippen LogP contribution in [0.15, 0.2) is 57.1 Å². The highest BCUT2D eigenvalue weighted by molar-refractivity contribution is 6.34. The van der Waals surface area contributed by atoms with Gasteiger partial charge in [-0.05, 0) is 18.2 Å². The summed E-state index contributed by atoms with van der Waals surface area (Å²) in [6.07, 6.45) is 3.96. The van der Waals surface area contributed by atoms with Gasteiger partial charge in [-0.15, -0.1) is 0 Å². The van der Waals surface area contributed by atoms with Crippen molar-refractivity contribution >= 4 is 34.1 Å². The Kier molecular flexibility index (Phi) is 5.23. The van der Waals surface area contributed by atoms with Crippen LogP contribution in [0.4, 0.5) is 24.8 Å². The van der Waals surface area contributed by atoms with E-state index >= 15 is 0 Å². The summed E-state index contributed by atoms with van der Waals surface area (Å²) in [6.45, 7) is -1.25. The lowest BCUT2D eigenvalue weighted by Gasteiger charge is -2.16. The second-order valence-corrected chi connectivity index (χ2v) is 8.05. The molecule has 0 aliphatic rings. The summed E-state index contributed by atoms with van der Waals surface area (Å²) >= 11 is 6.36. The molecule has 5 rings (SSSR count). The van der Waals surface area contributed by atoms with E-state index in [9.17, 15) is 22.8 Å². The van der Waals surface area contributed by atoms with Crippen molar-refractivity contribution in [2.75, 3.05) is 5.32 Å². The molecule has 3 heterocycles. The molecule has 0 saturated heterocycles. The van der Waals surface area contributed by atoms with Crippen molar-refractivity contribution < 1.29 is 20.3 Å². The van der Waals surface area contributed by atoms with Crippen molar-refractivity contribution in [3.05, 3.63) is 97.8 Å². The minimum Gasteiger partial charge on any atom is -0.451 e. The maximum Gasteiger partial charge on any atom is 0.355 e. The summed E-state index contributed by atoms with van der Waals surface area (Å²) in [7, 11) is 1.70. The molecule has 184 valence electrons. The molecule has 1 N–H and O–H groups in total. The molecule has 0 aliphatic heterocycles. The molecule has 10 nitrogen and oxygen atoms in total. The lowest BCUT2D eigenvalue weighted by molar-refractivity contribution is 0.485. The van der Waals surface area contributed by atoms with Crippen LogP contribution in [0.25, 0.3) is 10.9 Å². The topological polar surface area (TPSA) is 113 Å². The van der Waals surface area contributed by atoms with E-state index < -0.39 is 59.0 Å². The van der Waals surface area contributed by atoms with Gasteiger partial charge in [0.15, 0.2) is 18.0 Å². The number of rotatable bonds is 6. The zero-order valence-electron chi connectivity index (χ0n) is 20.2. The number of aromatic nitrogens is 6. The summed E-state index contributed by atoms with van der Waals surface area (Å²) < 4.78 is 66.0. The third-order valence-electron chi connectivity index (χ3n) is 5.16. The summed E-state index contributed by atoms with van der Waals surface area (Å²) in [5, 5.41) is 7.76. The van der Waals surface area contributed by atoms with Gasteiger partial charge < -0.3 is 9.73 Å². The van der Waals surface area contributed by atoms with Crippen molar-refractivity contribution in [2.24, 2.45) is 7.05 Å². The predicted octanol–water partition coefficient (Wildman–Crippen LogP) is 3.19. The van der Waals surface area contributed by atoms with Crippen LogP contribution in [0.2, 0.25) is 5.02 Å². The van der Waals surface area contributed by atoms with E-state index in [1.807, 2.05) is 0 Å². The molecule has 14 heteroatoms. The van der Waals surface area contributed by atoms with Gasteiger partial charge in [-0.25, -0.2) is 32.3 Å². The smallest absolute Gasteiger partial charge is 0.355 e. The van der Waals surface area contributed by atoms with Crippen LogP contribution >= 0.6 is 11.6 Å². The average Bonchev–Trinajstić information content (AvgIpc) is 3.52. The fourth-order valence-electron chi connectivity index (χ4n) is 3.50. The van der Waals surface area contributed by atoms with Crippen molar-refractivity contribution in [1.29, 1.82) is 0 Å². The van der Waals surface area contributed by atoms with E-state index in [4.69, 9.17) is 18.8 Å². The number of aryl methyl sites for hydroxylation is 1. The number of nitrogens with one attached hydrogen (secondary N) is 1. The first-order chi connectivity index (χ1) is 18.0. The standard InChI is InChI=1S/C22H15ClF3N7O3/c1-31-6-12-3-19(14(23)4-18(12)30-31)28-20-29-21(34)33(8-13-9-36-10-27-13)22(35)32(20)7-11-2-16(25)17(26)5-15(11)24/h2-6,9-10H,7-8H2,1H3,(H,28,29,34)/i2D,5D. The number of hydrogen-bond donors (Lipinski definition) is 1. The quantitative estimate of drug-likeness (QED) is 0.343. The highest BCUT2D eigenvalue weighted by Crippen LogP contribution is 2.29. The van der Waals surface area contributed by atoms with Gasteiger partial charge in [0.1, 0.15) is 12.1 Å². The maximum atomic E-state index is 14.8. The Morgan fingerprint density at radius 3 is 2.64 bits per heavy atom. The number of anilines is 2. The highest BCUT2D eigenvalue weighted by atomic mass is 35.5. The SMILES string of the molecule is [2H]c1c(F)c(F)c([2H])c(Cn2c(Nc3cc4cn(C)nc4cc3Cl)nc(=O)n(Cc3cocn3)c2=O)c1F. The molecule has 3 aromatic heterocycles. The summed E-state index contributed by atoms with van der Waals surface area (Å²) in [6, 6.07) is 0.484. The number of nitrogens with zero attached hydrogens (tertiary/aromatic N) is 6. The van der Waals surface area contributed by atoms with Crippen LogP contribution in [0.3, 0.4) is 0 Å². The van der Waals surface area contributed by atoms with Crippen LogP contribution in [-0.2, 0) is 20.1 Å². The highest BCUT2D eigenvalue weighted by Gasteiger charge is 2.19. The number of hydrogen-bond acceptors (Lipinski definition) is 7. The van der Waals surface area contributed by atoms with Gasteiger partial charge in [-0.1, -0.05) is 11.6 Å². The third kappa shape index (κ3) is 4.35. The van der Waals surface area contributed by atoms with E-state index in [2.05, 4.69) is 20.4 Å². The Bertz CT molecular complexity index is 1810. The molecule has 0 saturated carbocycles. The molecule has 0 radical (unpaired) electrons. The van der Waals surface area contributed by atoms with Crippen molar-refractivity contribution in [3.63, 3.8) is 0 Å². The molecule has 5 aromatic rings. The summed E-state index contributed by atoms with van der Waals surface area (Å²) in [5.74, 6) is -5.58. The number of fused-ring (bicyclic) bond motifs is 1. The molecular formula is C22H15ClF3N7O3. The molecule has 0 unspecified atom stereocenters. The Hall–Kier alpha value is -4.39. The van der Waals surface area contributed by atoms with Gasteiger partial charge in [0.05, 0.1) is 37.8 Å². The van der Waals surface area contributed by atoms with Gasteiger partial charge in [0.25, 0.3) is 0 Å². The van der Waals surface area contributed by atoms with Crippen LogP contribution in [0.1, 0.15) is 14.0 Å². The molecule has 2 aromatic carbocycles. The molecule has 36 heavy (non-hydrogen) atoms. The second-order valence-electron chi connectivity index (χ2n) is 7.64. The molecule has 0 fully saturated rings. The molecule has 0 aliphatic carbocycles. The Labute approximate surface area is 207 Å². The van der Waals surface area contributed by atoms with Crippen LogP contribution in [0, 0.1) is 17.5 Å². The second kappa shape index (κ2) is 9.00. The minimum atomic E-state index is -1.84. The first-order valence-electron chi connectivity index (χ1n) is 11.2. The molecule has 0 bridgehead atoms. The first-order valence-corrected chi connectivity index (χ1v) is 10.5. The normalized spacial score (nSPS) is 12.1. The monoisotopic (exact) mass is 519 g/mol. The number of benzene rings is 2. The van der Waals surface area contributed by atoms with Gasteiger partial charge in [0.2, 0.25) is 5.95 Å². The van der Waals surface area contributed by atoms with Gasteiger partial charge in [-0.3, -0.25) is 9.25 Å². The van der Waals surface area contributed by atoms with Crippen molar-refractivity contribution in [1.82, 2.24) is 28.9 Å². The Morgan fingerprint density at radius 1 is 1.11 bits per heavy atom. The molecule has 0 amide bonds.